The Bertz CT molecular complexity index is 735. The van der Waals surface area contributed by atoms with E-state index < -0.39 is 79.6 Å². The number of hydrogen-bond donors (Lipinski definition) is 1. The fourth-order valence-corrected chi connectivity index (χ4v) is 2.79. The van der Waals surface area contributed by atoms with Gasteiger partial charge in [-0.1, -0.05) is 0 Å². The summed E-state index contributed by atoms with van der Waals surface area (Å²) < 4.78 is 30.7. The topological polar surface area (TPSA) is 170 Å². The first-order valence-corrected chi connectivity index (χ1v) is 9.13. The average Bonchev–Trinajstić information content (AvgIpc) is 2.59. The molecule has 0 spiro atoms. The molecule has 0 aliphatic carbocycles. The second-order valence-corrected chi connectivity index (χ2v) is 6.56. The summed E-state index contributed by atoms with van der Waals surface area (Å²) in [5.74, 6) is -6.94. The summed E-state index contributed by atoms with van der Waals surface area (Å²) >= 11 is 0. The summed E-state index contributed by atoms with van der Waals surface area (Å²) in [6.45, 7) is 4.21. The second kappa shape index (κ2) is 11.2. The Morgan fingerprint density at radius 2 is 1.42 bits per heavy atom. The Hall–Kier alpha value is -3.22. The molecule has 1 heterocycles. The van der Waals surface area contributed by atoms with Crippen LogP contribution in [0.4, 0.5) is 0 Å². The number of hydrogen-bond acceptors (Lipinski definition) is 12. The fourth-order valence-electron chi connectivity index (χ4n) is 2.79. The standard InChI is InChI=1S/C18H25NO12/c1-9(20)26-7-15-17(29-12(4)23)14(28-11(3)22)6-18(31-15,30-13(5)24)19-16(25)8-27-10(2)21/h14-15,17H,6-8H2,1-5H3,(H,19,25)/t14-,15-,17+,18?/m1/s1. The van der Waals surface area contributed by atoms with Gasteiger partial charge in [0.05, 0.1) is 6.42 Å². The van der Waals surface area contributed by atoms with Crippen molar-refractivity contribution in [3.63, 3.8) is 0 Å². The molecule has 0 aromatic rings. The highest BCUT2D eigenvalue weighted by atomic mass is 16.8. The second-order valence-electron chi connectivity index (χ2n) is 6.56. The van der Waals surface area contributed by atoms with Crippen LogP contribution in [0.25, 0.3) is 0 Å². The zero-order valence-electron chi connectivity index (χ0n) is 17.8. The van der Waals surface area contributed by atoms with Crippen LogP contribution in [0.15, 0.2) is 0 Å². The van der Waals surface area contributed by atoms with Crippen molar-refractivity contribution < 1.29 is 57.2 Å². The van der Waals surface area contributed by atoms with Gasteiger partial charge < -0.3 is 28.4 Å². The molecule has 0 aromatic heterocycles. The molecule has 0 bridgehead atoms. The number of rotatable bonds is 8. The first-order chi connectivity index (χ1) is 14.3. The molecule has 1 aliphatic heterocycles. The average molecular weight is 447 g/mol. The van der Waals surface area contributed by atoms with E-state index in [9.17, 15) is 28.8 Å². The lowest BCUT2D eigenvalue weighted by atomic mass is 9.98. The van der Waals surface area contributed by atoms with E-state index in [1.54, 1.807) is 0 Å². The largest absolute Gasteiger partial charge is 0.463 e. The molecule has 1 saturated heterocycles. The molecule has 0 radical (unpaired) electrons. The molecule has 1 N–H and O–H groups in total. The van der Waals surface area contributed by atoms with Crippen molar-refractivity contribution in [1.29, 1.82) is 0 Å². The third kappa shape index (κ3) is 8.99. The lowest BCUT2D eigenvalue weighted by molar-refractivity contribution is -0.322. The Morgan fingerprint density at radius 3 is 1.90 bits per heavy atom. The summed E-state index contributed by atoms with van der Waals surface area (Å²) in [6.07, 6.45) is -4.30. The minimum Gasteiger partial charge on any atom is -0.463 e. The van der Waals surface area contributed by atoms with Gasteiger partial charge in [-0.05, 0) is 0 Å². The summed E-state index contributed by atoms with van der Waals surface area (Å²) in [7, 11) is 0. The van der Waals surface area contributed by atoms with Crippen LogP contribution in [0.1, 0.15) is 41.0 Å². The maximum atomic E-state index is 12.2. The molecule has 0 saturated carbocycles. The van der Waals surface area contributed by atoms with Crippen molar-refractivity contribution in [2.24, 2.45) is 0 Å². The molecule has 13 heteroatoms. The van der Waals surface area contributed by atoms with E-state index in [0.29, 0.717) is 0 Å². The van der Waals surface area contributed by atoms with Crippen LogP contribution >= 0.6 is 0 Å². The van der Waals surface area contributed by atoms with Crippen LogP contribution in [0.2, 0.25) is 0 Å². The van der Waals surface area contributed by atoms with Gasteiger partial charge >= 0.3 is 35.8 Å². The van der Waals surface area contributed by atoms with Gasteiger partial charge in [-0.3, -0.25) is 34.1 Å². The van der Waals surface area contributed by atoms with E-state index in [4.69, 9.17) is 23.7 Å². The number of amides is 1. The van der Waals surface area contributed by atoms with Crippen molar-refractivity contribution in [3.8, 4) is 0 Å². The Kier molecular flexibility index (Phi) is 9.37. The molecule has 1 aliphatic rings. The summed E-state index contributed by atoms with van der Waals surface area (Å²) in [5.41, 5.74) is 0. The van der Waals surface area contributed by atoms with Crippen LogP contribution < -0.4 is 5.32 Å². The maximum Gasteiger partial charge on any atom is 0.306 e. The minimum atomic E-state index is -2.20. The molecule has 1 amide bonds. The van der Waals surface area contributed by atoms with Crippen molar-refractivity contribution in [2.75, 3.05) is 13.2 Å². The SMILES string of the molecule is CC(=O)OCC(=O)NC1(OC(C)=O)C[C@@H](OC(C)=O)[C@H](OC(C)=O)[C@@H](COC(C)=O)O1. The molecule has 1 rings (SSSR count). The number of carbonyl (C=O) groups excluding carboxylic acids is 6. The third-order valence-corrected chi connectivity index (χ3v) is 3.66. The molecule has 1 fully saturated rings. The van der Waals surface area contributed by atoms with E-state index in [-0.39, 0.29) is 0 Å². The van der Waals surface area contributed by atoms with E-state index >= 15 is 0 Å². The van der Waals surface area contributed by atoms with Gasteiger partial charge in [-0.2, -0.15) is 0 Å². The third-order valence-electron chi connectivity index (χ3n) is 3.66. The van der Waals surface area contributed by atoms with Crippen molar-refractivity contribution in [3.05, 3.63) is 0 Å². The Labute approximate surface area is 177 Å². The summed E-state index contributed by atoms with van der Waals surface area (Å²) in [5, 5.41) is 2.26. The quantitative estimate of drug-likeness (QED) is 0.277. The summed E-state index contributed by atoms with van der Waals surface area (Å²) in [4.78, 5) is 69.3. The van der Waals surface area contributed by atoms with Gasteiger partial charge in [0, 0.05) is 34.6 Å². The van der Waals surface area contributed by atoms with E-state index in [1.165, 1.54) is 0 Å². The van der Waals surface area contributed by atoms with Gasteiger partial charge in [0.15, 0.2) is 12.7 Å². The molecule has 174 valence electrons. The van der Waals surface area contributed by atoms with Crippen LogP contribution in [-0.2, 0) is 57.2 Å². The zero-order valence-corrected chi connectivity index (χ0v) is 17.8. The zero-order chi connectivity index (χ0) is 23.8. The lowest BCUT2D eigenvalue weighted by Gasteiger charge is -2.45. The normalized spacial score (nSPS) is 24.9. The van der Waals surface area contributed by atoms with Crippen molar-refractivity contribution in [1.82, 2.24) is 5.32 Å². The number of nitrogens with one attached hydrogen (secondary N) is 1. The van der Waals surface area contributed by atoms with Gasteiger partial charge in [-0.15, -0.1) is 0 Å². The Balaban J connectivity index is 3.30. The highest BCUT2D eigenvalue weighted by molar-refractivity contribution is 5.80. The maximum absolute atomic E-state index is 12.2. The van der Waals surface area contributed by atoms with Crippen LogP contribution in [0, 0.1) is 0 Å². The molecule has 1 unspecified atom stereocenters. The minimum absolute atomic E-state index is 0.480. The molecular formula is C18H25NO12. The van der Waals surface area contributed by atoms with Crippen LogP contribution in [0.5, 0.6) is 0 Å². The molecular weight excluding hydrogens is 422 g/mol. The van der Waals surface area contributed by atoms with E-state index in [0.717, 1.165) is 34.6 Å². The molecule has 13 nitrogen and oxygen atoms in total. The number of ether oxygens (including phenoxy) is 6. The summed E-state index contributed by atoms with van der Waals surface area (Å²) in [6, 6.07) is 0. The van der Waals surface area contributed by atoms with Gasteiger partial charge in [0.25, 0.3) is 5.91 Å². The predicted molar refractivity (Wildman–Crippen MR) is 96.5 cm³/mol. The highest BCUT2D eigenvalue weighted by Crippen LogP contribution is 2.33. The van der Waals surface area contributed by atoms with Crippen LogP contribution in [0.3, 0.4) is 0 Å². The highest BCUT2D eigenvalue weighted by Gasteiger charge is 2.54. The van der Waals surface area contributed by atoms with E-state index in [1.807, 2.05) is 0 Å². The smallest absolute Gasteiger partial charge is 0.306 e. The first kappa shape index (κ1) is 25.8. The first-order valence-electron chi connectivity index (χ1n) is 9.13. The van der Waals surface area contributed by atoms with E-state index in [2.05, 4.69) is 10.1 Å². The van der Waals surface area contributed by atoms with Crippen molar-refractivity contribution >= 4 is 35.8 Å². The Morgan fingerprint density at radius 1 is 0.839 bits per heavy atom. The predicted octanol–water partition coefficient (Wildman–Crippen LogP) is -0.902. The fraction of sp³-hybridized carbons (Fsp3) is 0.667. The van der Waals surface area contributed by atoms with Gasteiger partial charge in [-0.25, -0.2) is 0 Å². The number of esters is 5. The van der Waals surface area contributed by atoms with Crippen LogP contribution in [-0.4, -0.2) is 73.2 Å². The monoisotopic (exact) mass is 447 g/mol. The van der Waals surface area contributed by atoms with Gasteiger partial charge in [0.1, 0.15) is 18.8 Å². The lowest BCUT2D eigenvalue weighted by Crippen LogP contribution is -2.66. The van der Waals surface area contributed by atoms with Crippen molar-refractivity contribution in [2.45, 2.75) is 65.3 Å². The molecule has 31 heavy (non-hydrogen) atoms. The molecule has 0 aromatic carbocycles. The molecule has 4 atom stereocenters. The number of carbonyl (C=O) groups is 6. The van der Waals surface area contributed by atoms with Gasteiger partial charge in [0.2, 0.25) is 0 Å².